The summed E-state index contributed by atoms with van der Waals surface area (Å²) in [4.78, 5) is 25.5. The number of carbonyl (C=O) groups is 2. The van der Waals surface area contributed by atoms with Crippen LogP contribution in [0, 0.1) is 13.8 Å². The highest BCUT2D eigenvalue weighted by atomic mass is 32.2. The van der Waals surface area contributed by atoms with Crippen molar-refractivity contribution in [3.8, 4) is 5.75 Å². The number of aryl methyl sites for hydroxylation is 2. The third-order valence-electron chi connectivity index (χ3n) is 4.22. The van der Waals surface area contributed by atoms with Gasteiger partial charge in [-0.3, -0.25) is 4.79 Å². The van der Waals surface area contributed by atoms with E-state index in [1.54, 1.807) is 6.92 Å². The van der Waals surface area contributed by atoms with Crippen molar-refractivity contribution in [2.75, 3.05) is 31.3 Å². The van der Waals surface area contributed by atoms with Crippen LogP contribution in [-0.4, -0.2) is 62.5 Å². The minimum atomic E-state index is -3.08. The summed E-state index contributed by atoms with van der Waals surface area (Å²) >= 11 is 0. The molecule has 1 aromatic carbocycles. The molecule has 0 spiro atoms. The van der Waals surface area contributed by atoms with E-state index in [2.05, 4.69) is 0 Å². The summed E-state index contributed by atoms with van der Waals surface area (Å²) in [5, 5.41) is 0. The van der Waals surface area contributed by atoms with Gasteiger partial charge in [-0.25, -0.2) is 13.2 Å². The Morgan fingerprint density at radius 2 is 1.81 bits per heavy atom. The Morgan fingerprint density at radius 1 is 1.15 bits per heavy atom. The molecule has 1 atom stereocenters. The largest absolute Gasteiger partial charge is 0.482 e. The second-order valence-corrected chi connectivity index (χ2v) is 8.74. The summed E-state index contributed by atoms with van der Waals surface area (Å²) < 4.78 is 33.5. The Hall–Kier alpha value is -2.09. The molecule has 1 fully saturated rings. The third kappa shape index (κ3) is 5.72. The minimum Gasteiger partial charge on any atom is -0.482 e. The van der Waals surface area contributed by atoms with E-state index in [-0.39, 0.29) is 24.2 Å². The monoisotopic (exact) mass is 383 g/mol. The average molecular weight is 383 g/mol. The molecule has 1 aromatic rings. The van der Waals surface area contributed by atoms with Crippen LogP contribution in [-0.2, 0) is 24.2 Å². The first-order valence-corrected chi connectivity index (χ1v) is 10.4. The molecule has 26 heavy (non-hydrogen) atoms. The zero-order valence-corrected chi connectivity index (χ0v) is 16.2. The van der Waals surface area contributed by atoms with E-state index >= 15 is 0 Å². The van der Waals surface area contributed by atoms with Crippen LogP contribution in [0.3, 0.4) is 0 Å². The van der Waals surface area contributed by atoms with Crippen LogP contribution in [0.15, 0.2) is 18.2 Å². The Bertz CT molecular complexity index is 754. The van der Waals surface area contributed by atoms with Crippen molar-refractivity contribution in [2.24, 2.45) is 0 Å². The fourth-order valence-corrected chi connectivity index (χ4v) is 4.82. The summed E-state index contributed by atoms with van der Waals surface area (Å²) in [5.41, 5.74) is 2.04. The molecular formula is C18H25NO6S. The molecule has 0 bridgehead atoms. The summed E-state index contributed by atoms with van der Waals surface area (Å²) in [6.07, 6.45) is 0.422. The first-order chi connectivity index (χ1) is 12.2. The highest BCUT2D eigenvalue weighted by Crippen LogP contribution is 2.18. The van der Waals surface area contributed by atoms with Gasteiger partial charge in [-0.05, 0) is 50.5 Å². The Labute approximate surface area is 154 Å². The van der Waals surface area contributed by atoms with Gasteiger partial charge in [0, 0.05) is 12.6 Å². The molecule has 0 unspecified atom stereocenters. The number of benzene rings is 1. The maximum Gasteiger partial charge on any atom is 0.344 e. The summed E-state index contributed by atoms with van der Waals surface area (Å²) in [7, 11) is -3.08. The number of hydrogen-bond acceptors (Lipinski definition) is 6. The highest BCUT2D eigenvalue weighted by Gasteiger charge is 2.34. The summed E-state index contributed by atoms with van der Waals surface area (Å²) in [5.74, 6) is -0.416. The molecule has 1 heterocycles. The molecule has 1 saturated heterocycles. The molecule has 144 valence electrons. The molecule has 1 aliphatic heterocycles. The number of carbonyl (C=O) groups excluding carboxylic acids is 2. The van der Waals surface area contributed by atoms with Crippen molar-refractivity contribution < 1.29 is 27.5 Å². The van der Waals surface area contributed by atoms with E-state index in [4.69, 9.17) is 9.47 Å². The van der Waals surface area contributed by atoms with E-state index in [0.717, 1.165) is 11.1 Å². The number of ether oxygens (including phenoxy) is 2. The zero-order valence-electron chi connectivity index (χ0n) is 15.4. The number of hydrogen-bond donors (Lipinski definition) is 0. The van der Waals surface area contributed by atoms with Gasteiger partial charge in [0.05, 0.1) is 11.5 Å². The predicted molar refractivity (Wildman–Crippen MR) is 96.8 cm³/mol. The van der Waals surface area contributed by atoms with E-state index in [1.807, 2.05) is 32.0 Å². The maximum atomic E-state index is 12.3. The zero-order chi connectivity index (χ0) is 19.3. The summed E-state index contributed by atoms with van der Waals surface area (Å²) in [6, 6.07) is 5.27. The first kappa shape index (κ1) is 20.2. The standard InChI is InChI=1S/C18H25NO6S/c1-4-19(15-5-6-26(22,23)12-15)17(20)10-25-18(21)11-24-16-8-13(2)7-14(3)9-16/h7-9,15H,4-6,10-12H2,1-3H3/t15-/m0/s1. The SMILES string of the molecule is CCN(C(=O)COC(=O)COc1cc(C)cc(C)c1)[C@H]1CCS(=O)(=O)C1. The molecule has 1 amide bonds. The average Bonchev–Trinajstić information content (AvgIpc) is 2.90. The van der Waals surface area contributed by atoms with E-state index in [1.165, 1.54) is 4.90 Å². The number of rotatable bonds is 7. The molecule has 1 aliphatic rings. The maximum absolute atomic E-state index is 12.3. The molecule has 0 radical (unpaired) electrons. The van der Waals surface area contributed by atoms with Gasteiger partial charge < -0.3 is 14.4 Å². The lowest BCUT2D eigenvalue weighted by atomic mass is 10.1. The smallest absolute Gasteiger partial charge is 0.344 e. The van der Waals surface area contributed by atoms with Crippen LogP contribution in [0.2, 0.25) is 0 Å². The van der Waals surface area contributed by atoms with Gasteiger partial charge in [-0.2, -0.15) is 0 Å². The van der Waals surface area contributed by atoms with Crippen LogP contribution in [0.1, 0.15) is 24.5 Å². The molecule has 7 nitrogen and oxygen atoms in total. The van der Waals surface area contributed by atoms with Gasteiger partial charge in [0.2, 0.25) is 0 Å². The summed E-state index contributed by atoms with van der Waals surface area (Å²) in [6.45, 7) is 5.29. The van der Waals surface area contributed by atoms with Crippen LogP contribution < -0.4 is 4.74 Å². The van der Waals surface area contributed by atoms with E-state index < -0.39 is 28.3 Å². The third-order valence-corrected chi connectivity index (χ3v) is 5.97. The Kier molecular flexibility index (Phi) is 6.63. The molecule has 8 heteroatoms. The van der Waals surface area contributed by atoms with Gasteiger partial charge in [-0.15, -0.1) is 0 Å². The van der Waals surface area contributed by atoms with Crippen LogP contribution >= 0.6 is 0 Å². The van der Waals surface area contributed by atoms with E-state index in [0.29, 0.717) is 18.7 Å². The molecule has 0 N–H and O–H groups in total. The molecular weight excluding hydrogens is 358 g/mol. The van der Waals surface area contributed by atoms with Gasteiger partial charge in [0.1, 0.15) is 5.75 Å². The molecule has 0 saturated carbocycles. The fourth-order valence-electron chi connectivity index (χ4n) is 3.08. The number of nitrogens with zero attached hydrogens (tertiary/aromatic N) is 1. The molecule has 0 aromatic heterocycles. The van der Waals surface area contributed by atoms with Crippen molar-refractivity contribution in [1.82, 2.24) is 4.90 Å². The topological polar surface area (TPSA) is 90.0 Å². The lowest BCUT2D eigenvalue weighted by Gasteiger charge is -2.26. The van der Waals surface area contributed by atoms with Crippen LogP contribution in [0.25, 0.3) is 0 Å². The number of amides is 1. The van der Waals surface area contributed by atoms with Gasteiger partial charge >= 0.3 is 5.97 Å². The molecule has 2 rings (SSSR count). The Morgan fingerprint density at radius 3 is 2.35 bits per heavy atom. The van der Waals surface area contributed by atoms with Crippen molar-refractivity contribution in [1.29, 1.82) is 0 Å². The normalized spacial score (nSPS) is 18.3. The second kappa shape index (κ2) is 8.53. The van der Waals surface area contributed by atoms with Crippen molar-refractivity contribution in [3.63, 3.8) is 0 Å². The van der Waals surface area contributed by atoms with Gasteiger partial charge in [0.15, 0.2) is 23.1 Å². The predicted octanol–water partition coefficient (Wildman–Crippen LogP) is 1.26. The number of sulfone groups is 1. The fraction of sp³-hybridized carbons (Fsp3) is 0.556. The minimum absolute atomic E-state index is 0.0314. The van der Waals surface area contributed by atoms with Gasteiger partial charge in [0.25, 0.3) is 5.91 Å². The van der Waals surface area contributed by atoms with Crippen molar-refractivity contribution >= 4 is 21.7 Å². The van der Waals surface area contributed by atoms with Gasteiger partial charge in [-0.1, -0.05) is 6.07 Å². The number of esters is 1. The van der Waals surface area contributed by atoms with E-state index in [9.17, 15) is 18.0 Å². The lowest BCUT2D eigenvalue weighted by molar-refractivity contribution is -0.154. The van der Waals surface area contributed by atoms with Crippen LogP contribution in [0.4, 0.5) is 0 Å². The quantitative estimate of drug-likeness (QED) is 0.659. The van der Waals surface area contributed by atoms with Crippen LogP contribution in [0.5, 0.6) is 5.75 Å². The second-order valence-electron chi connectivity index (χ2n) is 6.51. The van der Waals surface area contributed by atoms with Crippen molar-refractivity contribution in [2.45, 2.75) is 33.2 Å². The molecule has 0 aliphatic carbocycles. The lowest BCUT2D eigenvalue weighted by Crippen LogP contribution is -2.43. The Balaban J connectivity index is 1.81. The van der Waals surface area contributed by atoms with Crippen molar-refractivity contribution in [3.05, 3.63) is 29.3 Å². The first-order valence-electron chi connectivity index (χ1n) is 8.57. The number of likely N-dealkylation sites (N-methyl/N-ethyl adjacent to an activating group) is 1. The highest BCUT2D eigenvalue weighted by molar-refractivity contribution is 7.91.